The first-order valence-electron chi connectivity index (χ1n) is 8.11. The van der Waals surface area contributed by atoms with E-state index in [9.17, 15) is 4.79 Å². The SMILES string of the molecule is Cc1ccc2n1CCN(C(=O)c1noc3c1CCCC3)C2C. The molecule has 0 fully saturated rings. The van der Waals surface area contributed by atoms with Crippen molar-refractivity contribution in [2.75, 3.05) is 6.54 Å². The summed E-state index contributed by atoms with van der Waals surface area (Å²) in [6.07, 6.45) is 4.07. The van der Waals surface area contributed by atoms with Gasteiger partial charge in [-0.05, 0) is 45.2 Å². The van der Waals surface area contributed by atoms with Gasteiger partial charge in [-0.2, -0.15) is 0 Å². The van der Waals surface area contributed by atoms with Crippen LogP contribution < -0.4 is 0 Å². The van der Waals surface area contributed by atoms with Crippen LogP contribution in [0.5, 0.6) is 0 Å². The molecule has 2 aromatic heterocycles. The van der Waals surface area contributed by atoms with Gasteiger partial charge in [-0.1, -0.05) is 5.16 Å². The van der Waals surface area contributed by atoms with Crippen molar-refractivity contribution < 1.29 is 9.32 Å². The number of rotatable bonds is 1. The van der Waals surface area contributed by atoms with Crippen molar-refractivity contribution in [3.05, 3.63) is 40.5 Å². The molecular formula is C17H21N3O2. The molecular weight excluding hydrogens is 278 g/mol. The normalized spacial score (nSPS) is 20.6. The monoisotopic (exact) mass is 299 g/mol. The zero-order valence-electron chi connectivity index (χ0n) is 13.1. The van der Waals surface area contributed by atoms with Gasteiger partial charge >= 0.3 is 0 Å². The molecule has 5 nitrogen and oxygen atoms in total. The third-order valence-electron chi connectivity index (χ3n) is 5.11. The van der Waals surface area contributed by atoms with Crippen molar-refractivity contribution in [1.82, 2.24) is 14.6 Å². The number of aromatic nitrogens is 2. The second-order valence-corrected chi connectivity index (χ2v) is 6.37. The molecule has 2 aromatic rings. The highest BCUT2D eigenvalue weighted by Gasteiger charge is 2.33. The first-order chi connectivity index (χ1) is 10.7. The van der Waals surface area contributed by atoms with Crippen LogP contribution in [0.2, 0.25) is 0 Å². The molecule has 1 amide bonds. The van der Waals surface area contributed by atoms with Crippen molar-refractivity contribution in [2.24, 2.45) is 0 Å². The summed E-state index contributed by atoms with van der Waals surface area (Å²) in [5.41, 5.74) is 4.04. The number of carbonyl (C=O) groups is 1. The third-order valence-corrected chi connectivity index (χ3v) is 5.11. The standard InChI is InChI=1S/C17H21N3O2/c1-11-7-8-14-12(2)20(10-9-19(11)14)17(21)16-13-5-3-4-6-15(13)22-18-16/h7-8,12H,3-6,9-10H2,1-2H3. The summed E-state index contributed by atoms with van der Waals surface area (Å²) in [4.78, 5) is 14.9. The van der Waals surface area contributed by atoms with Crippen LogP contribution in [0, 0.1) is 6.92 Å². The molecule has 1 aliphatic heterocycles. The fourth-order valence-corrected chi connectivity index (χ4v) is 3.79. The molecule has 3 heterocycles. The molecule has 0 spiro atoms. The Hall–Kier alpha value is -2.04. The van der Waals surface area contributed by atoms with Crippen molar-refractivity contribution in [3.8, 4) is 0 Å². The zero-order chi connectivity index (χ0) is 15.3. The first kappa shape index (κ1) is 13.6. The largest absolute Gasteiger partial charge is 0.360 e. The van der Waals surface area contributed by atoms with E-state index in [1.165, 1.54) is 11.4 Å². The second kappa shape index (κ2) is 5.00. The number of hydrogen-bond donors (Lipinski definition) is 0. The van der Waals surface area contributed by atoms with E-state index in [2.05, 4.69) is 35.7 Å². The van der Waals surface area contributed by atoms with E-state index in [-0.39, 0.29) is 11.9 Å². The average Bonchev–Trinajstić information content (AvgIpc) is 3.12. The molecule has 22 heavy (non-hydrogen) atoms. The Morgan fingerprint density at radius 3 is 2.95 bits per heavy atom. The van der Waals surface area contributed by atoms with Gasteiger partial charge < -0.3 is 14.0 Å². The summed E-state index contributed by atoms with van der Waals surface area (Å²) in [5.74, 6) is 0.933. The summed E-state index contributed by atoms with van der Waals surface area (Å²) in [6.45, 7) is 5.78. The minimum Gasteiger partial charge on any atom is -0.360 e. The minimum atomic E-state index is 0.0181. The highest BCUT2D eigenvalue weighted by Crippen LogP contribution is 2.31. The van der Waals surface area contributed by atoms with E-state index in [0.717, 1.165) is 50.1 Å². The van der Waals surface area contributed by atoms with Crippen molar-refractivity contribution in [2.45, 2.75) is 52.1 Å². The van der Waals surface area contributed by atoms with Crippen molar-refractivity contribution in [1.29, 1.82) is 0 Å². The molecule has 116 valence electrons. The van der Waals surface area contributed by atoms with Crippen LogP contribution in [0.15, 0.2) is 16.7 Å². The molecule has 0 bridgehead atoms. The van der Waals surface area contributed by atoms with Crippen molar-refractivity contribution >= 4 is 5.91 Å². The summed E-state index contributed by atoms with van der Waals surface area (Å²) in [5, 5.41) is 4.10. The van der Waals surface area contributed by atoms with Crippen LogP contribution >= 0.6 is 0 Å². The maximum atomic E-state index is 13.0. The fraction of sp³-hybridized carbons (Fsp3) is 0.529. The quantitative estimate of drug-likeness (QED) is 0.813. The van der Waals surface area contributed by atoms with E-state index in [1.807, 2.05) is 4.90 Å². The van der Waals surface area contributed by atoms with E-state index in [4.69, 9.17) is 4.52 Å². The lowest BCUT2D eigenvalue weighted by atomic mass is 9.96. The molecule has 5 heteroatoms. The molecule has 2 aliphatic rings. The number of aryl methyl sites for hydroxylation is 2. The Morgan fingerprint density at radius 2 is 2.09 bits per heavy atom. The van der Waals surface area contributed by atoms with Crippen LogP contribution in [0.4, 0.5) is 0 Å². The van der Waals surface area contributed by atoms with Crippen LogP contribution in [0.3, 0.4) is 0 Å². The average molecular weight is 299 g/mol. The van der Waals surface area contributed by atoms with Crippen LogP contribution in [-0.2, 0) is 19.4 Å². The Bertz CT molecular complexity index is 728. The van der Waals surface area contributed by atoms with Crippen LogP contribution in [-0.4, -0.2) is 27.1 Å². The fourth-order valence-electron chi connectivity index (χ4n) is 3.79. The minimum absolute atomic E-state index is 0.0181. The molecule has 1 unspecified atom stereocenters. The summed E-state index contributed by atoms with van der Waals surface area (Å²) < 4.78 is 7.70. The maximum absolute atomic E-state index is 13.0. The second-order valence-electron chi connectivity index (χ2n) is 6.37. The van der Waals surface area contributed by atoms with Gasteiger partial charge in [0.05, 0.1) is 6.04 Å². The summed E-state index contributed by atoms with van der Waals surface area (Å²) in [6, 6.07) is 4.32. The van der Waals surface area contributed by atoms with Gasteiger partial charge in [0, 0.05) is 36.5 Å². The van der Waals surface area contributed by atoms with E-state index in [1.54, 1.807) is 0 Å². The van der Waals surface area contributed by atoms with Gasteiger partial charge in [0.2, 0.25) is 0 Å². The number of amides is 1. The Balaban J connectivity index is 1.65. The number of fused-ring (bicyclic) bond motifs is 2. The van der Waals surface area contributed by atoms with Crippen LogP contribution in [0.1, 0.15) is 59.0 Å². The van der Waals surface area contributed by atoms with Gasteiger partial charge in [0.15, 0.2) is 5.69 Å². The van der Waals surface area contributed by atoms with Gasteiger partial charge in [-0.3, -0.25) is 4.79 Å². The maximum Gasteiger partial charge on any atom is 0.276 e. The van der Waals surface area contributed by atoms with Crippen LogP contribution in [0.25, 0.3) is 0 Å². The highest BCUT2D eigenvalue weighted by atomic mass is 16.5. The topological polar surface area (TPSA) is 51.3 Å². The first-order valence-corrected chi connectivity index (χ1v) is 8.11. The Morgan fingerprint density at radius 1 is 1.27 bits per heavy atom. The van der Waals surface area contributed by atoms with Gasteiger partial charge in [-0.15, -0.1) is 0 Å². The molecule has 0 saturated heterocycles. The predicted octanol–water partition coefficient (Wildman–Crippen LogP) is 2.88. The van der Waals surface area contributed by atoms with Gasteiger partial charge in [0.1, 0.15) is 5.76 Å². The highest BCUT2D eigenvalue weighted by molar-refractivity contribution is 5.94. The van der Waals surface area contributed by atoms with E-state index in [0.29, 0.717) is 5.69 Å². The molecule has 0 aromatic carbocycles. The lowest BCUT2D eigenvalue weighted by molar-refractivity contribution is 0.0631. The number of carbonyl (C=O) groups excluding carboxylic acids is 1. The molecule has 4 rings (SSSR count). The summed E-state index contributed by atoms with van der Waals surface area (Å²) >= 11 is 0. The van der Waals surface area contributed by atoms with E-state index < -0.39 is 0 Å². The van der Waals surface area contributed by atoms with E-state index >= 15 is 0 Å². The summed E-state index contributed by atoms with van der Waals surface area (Å²) in [7, 11) is 0. The lowest BCUT2D eigenvalue weighted by Crippen LogP contribution is -2.41. The van der Waals surface area contributed by atoms with Gasteiger partial charge in [-0.25, -0.2) is 0 Å². The third kappa shape index (κ3) is 1.91. The molecule has 1 aliphatic carbocycles. The molecule has 0 N–H and O–H groups in total. The number of nitrogens with zero attached hydrogens (tertiary/aromatic N) is 3. The molecule has 0 saturated carbocycles. The Kier molecular flexibility index (Phi) is 3.10. The predicted molar refractivity (Wildman–Crippen MR) is 81.8 cm³/mol. The van der Waals surface area contributed by atoms with Gasteiger partial charge in [0.25, 0.3) is 5.91 Å². The lowest BCUT2D eigenvalue weighted by Gasteiger charge is -2.35. The molecule has 1 atom stereocenters. The Labute approximate surface area is 129 Å². The number of hydrogen-bond acceptors (Lipinski definition) is 3. The zero-order valence-corrected chi connectivity index (χ0v) is 13.1. The smallest absolute Gasteiger partial charge is 0.276 e. The molecule has 0 radical (unpaired) electrons. The van der Waals surface area contributed by atoms with Crippen molar-refractivity contribution in [3.63, 3.8) is 0 Å².